The highest BCUT2D eigenvalue weighted by atomic mass is 19.2. The molecule has 2 aliphatic rings. The van der Waals surface area contributed by atoms with Gasteiger partial charge in [-0.15, -0.1) is 0 Å². The lowest BCUT2D eigenvalue weighted by Gasteiger charge is -2.32. The van der Waals surface area contributed by atoms with Crippen molar-refractivity contribution < 1.29 is 27.9 Å². The van der Waals surface area contributed by atoms with Crippen molar-refractivity contribution in [3.8, 4) is 0 Å². The van der Waals surface area contributed by atoms with Gasteiger partial charge in [-0.1, -0.05) is 6.07 Å². The first kappa shape index (κ1) is 18.2. The summed E-state index contributed by atoms with van der Waals surface area (Å²) in [5.74, 6) is -3.24. The number of hydrogen-bond acceptors (Lipinski definition) is 4. The van der Waals surface area contributed by atoms with E-state index in [1.54, 1.807) is 0 Å². The van der Waals surface area contributed by atoms with Crippen LogP contribution in [0.2, 0.25) is 0 Å². The van der Waals surface area contributed by atoms with Gasteiger partial charge in [-0.25, -0.2) is 13.6 Å². The van der Waals surface area contributed by atoms with E-state index in [1.165, 1.54) is 17.9 Å². The maximum absolute atomic E-state index is 13.5. The molecule has 3 rings (SSSR count). The Labute approximate surface area is 148 Å². The van der Waals surface area contributed by atoms with Crippen LogP contribution in [-0.2, 0) is 19.9 Å². The molecule has 7 nitrogen and oxygen atoms in total. The number of hydrogen-bond donors (Lipinski definition) is 1. The van der Waals surface area contributed by atoms with Gasteiger partial charge in [-0.2, -0.15) is 0 Å². The molecule has 0 aromatic heterocycles. The molecule has 0 aliphatic carbocycles. The number of amides is 4. The van der Waals surface area contributed by atoms with Crippen LogP contribution in [0.25, 0.3) is 0 Å². The second-order valence-electron chi connectivity index (χ2n) is 6.60. The molecule has 4 amide bonds. The van der Waals surface area contributed by atoms with Crippen molar-refractivity contribution in [3.05, 3.63) is 35.4 Å². The van der Waals surface area contributed by atoms with Gasteiger partial charge in [0.2, 0.25) is 5.91 Å². The molecule has 26 heavy (non-hydrogen) atoms. The average molecular weight is 367 g/mol. The molecule has 2 saturated heterocycles. The first-order valence-corrected chi connectivity index (χ1v) is 8.21. The molecule has 2 atom stereocenters. The molecule has 1 N–H and O–H groups in total. The summed E-state index contributed by atoms with van der Waals surface area (Å²) >= 11 is 0. The van der Waals surface area contributed by atoms with Crippen LogP contribution in [0, 0.1) is 11.6 Å². The molecule has 0 spiro atoms. The van der Waals surface area contributed by atoms with E-state index in [0.717, 1.165) is 17.0 Å². The highest BCUT2D eigenvalue weighted by Gasteiger charge is 2.50. The number of benzene rings is 1. The number of urea groups is 1. The van der Waals surface area contributed by atoms with E-state index >= 15 is 0 Å². The largest absolute Gasteiger partial charge is 0.375 e. The summed E-state index contributed by atoms with van der Waals surface area (Å²) < 4.78 is 32.0. The molecule has 1 aromatic rings. The first-order chi connectivity index (χ1) is 12.2. The number of carbonyl (C=O) groups excluding carboxylic acids is 3. The summed E-state index contributed by atoms with van der Waals surface area (Å²) in [7, 11) is 0. The molecule has 140 valence electrons. The van der Waals surface area contributed by atoms with Crippen LogP contribution in [0.3, 0.4) is 0 Å². The molecular weight excluding hydrogens is 348 g/mol. The molecule has 2 aliphatic heterocycles. The van der Waals surface area contributed by atoms with Gasteiger partial charge in [-0.3, -0.25) is 14.5 Å². The molecule has 1 aromatic carbocycles. The molecule has 0 radical (unpaired) electrons. The summed E-state index contributed by atoms with van der Waals surface area (Å²) in [4.78, 5) is 39.7. The Kier molecular flexibility index (Phi) is 4.66. The van der Waals surface area contributed by atoms with Crippen LogP contribution in [0.15, 0.2) is 18.2 Å². The Bertz CT molecular complexity index is 772. The van der Waals surface area contributed by atoms with Gasteiger partial charge in [0.25, 0.3) is 5.91 Å². The molecule has 0 saturated carbocycles. The second-order valence-corrected chi connectivity index (χ2v) is 6.60. The fourth-order valence-electron chi connectivity index (χ4n) is 3.12. The number of halogens is 2. The smallest absolute Gasteiger partial charge is 0.325 e. The number of nitrogens with zero attached hydrogens (tertiary/aromatic N) is 2. The second kappa shape index (κ2) is 6.64. The molecule has 9 heteroatoms. The Morgan fingerprint density at radius 3 is 2.73 bits per heavy atom. The molecule has 2 heterocycles. The van der Waals surface area contributed by atoms with Crippen molar-refractivity contribution in [2.45, 2.75) is 25.5 Å². The number of morpholine rings is 1. The Balaban J connectivity index is 1.78. The summed E-state index contributed by atoms with van der Waals surface area (Å²) in [6.45, 7) is 3.95. The van der Waals surface area contributed by atoms with Gasteiger partial charge in [0, 0.05) is 13.1 Å². The monoisotopic (exact) mass is 367 g/mol. The number of imide groups is 1. The third kappa shape index (κ3) is 3.14. The highest BCUT2D eigenvalue weighted by Crippen LogP contribution is 2.29. The maximum atomic E-state index is 13.5. The highest BCUT2D eigenvalue weighted by molar-refractivity contribution is 6.09. The van der Waals surface area contributed by atoms with Crippen LogP contribution in [0.4, 0.5) is 13.6 Å². The number of ether oxygens (including phenoxy) is 1. The van der Waals surface area contributed by atoms with E-state index in [1.807, 2.05) is 6.92 Å². The molecule has 2 fully saturated rings. The third-order valence-corrected chi connectivity index (χ3v) is 4.66. The Morgan fingerprint density at radius 1 is 1.35 bits per heavy atom. The lowest BCUT2D eigenvalue weighted by atomic mass is 9.92. The van der Waals surface area contributed by atoms with Gasteiger partial charge >= 0.3 is 6.03 Å². The van der Waals surface area contributed by atoms with Crippen molar-refractivity contribution >= 4 is 17.8 Å². The topological polar surface area (TPSA) is 79.0 Å². The van der Waals surface area contributed by atoms with Crippen molar-refractivity contribution in [2.75, 3.05) is 26.2 Å². The fourth-order valence-corrected chi connectivity index (χ4v) is 3.12. The van der Waals surface area contributed by atoms with Gasteiger partial charge in [0.1, 0.15) is 12.1 Å². The van der Waals surface area contributed by atoms with Crippen LogP contribution in [-0.4, -0.2) is 60.0 Å². The lowest BCUT2D eigenvalue weighted by molar-refractivity contribution is -0.143. The fraction of sp³-hybridized carbons (Fsp3) is 0.471. The quantitative estimate of drug-likeness (QED) is 0.808. The van der Waals surface area contributed by atoms with Gasteiger partial charge < -0.3 is 15.0 Å². The van der Waals surface area contributed by atoms with E-state index in [2.05, 4.69) is 5.32 Å². The van der Waals surface area contributed by atoms with Crippen LogP contribution in [0.5, 0.6) is 0 Å². The normalized spacial score (nSPS) is 26.2. The maximum Gasteiger partial charge on any atom is 0.325 e. The van der Waals surface area contributed by atoms with Crippen molar-refractivity contribution in [3.63, 3.8) is 0 Å². The SMILES string of the molecule is CC1CN(C(=O)CN2C(=O)NC(C)(c3ccc(F)c(F)c3)C2=O)CCO1. The summed E-state index contributed by atoms with van der Waals surface area (Å²) in [6.07, 6.45) is -0.122. The molecule has 2 unspecified atom stereocenters. The van der Waals surface area contributed by atoms with Gasteiger partial charge in [-0.05, 0) is 31.5 Å². The van der Waals surface area contributed by atoms with E-state index in [9.17, 15) is 23.2 Å². The molecule has 0 bridgehead atoms. The van der Waals surface area contributed by atoms with Crippen molar-refractivity contribution in [2.24, 2.45) is 0 Å². The Morgan fingerprint density at radius 2 is 2.08 bits per heavy atom. The van der Waals surface area contributed by atoms with E-state index in [4.69, 9.17) is 4.74 Å². The lowest BCUT2D eigenvalue weighted by Crippen LogP contribution is -2.49. The molecular formula is C17H19F2N3O4. The van der Waals surface area contributed by atoms with Crippen LogP contribution >= 0.6 is 0 Å². The van der Waals surface area contributed by atoms with Crippen LogP contribution < -0.4 is 5.32 Å². The Hall–Kier alpha value is -2.55. The predicted octanol–water partition coefficient (Wildman–Crippen LogP) is 0.979. The zero-order valence-corrected chi connectivity index (χ0v) is 14.4. The summed E-state index contributed by atoms with van der Waals surface area (Å²) in [5.41, 5.74) is -1.46. The summed E-state index contributed by atoms with van der Waals surface area (Å²) in [5, 5.41) is 2.46. The van der Waals surface area contributed by atoms with Crippen molar-refractivity contribution in [1.82, 2.24) is 15.1 Å². The minimum atomic E-state index is -1.57. The average Bonchev–Trinajstić information content (AvgIpc) is 2.81. The third-order valence-electron chi connectivity index (χ3n) is 4.66. The number of carbonyl (C=O) groups is 3. The van der Waals surface area contributed by atoms with Gasteiger partial charge in [0.05, 0.1) is 12.7 Å². The van der Waals surface area contributed by atoms with E-state index < -0.39 is 35.7 Å². The standard InChI is InChI=1S/C17H19F2N3O4/c1-10-8-21(5-6-26-10)14(23)9-22-15(24)17(2,20-16(22)25)11-3-4-12(18)13(19)7-11/h3-4,7,10H,5-6,8-9H2,1-2H3,(H,20,25). The predicted molar refractivity (Wildman–Crippen MR) is 85.9 cm³/mol. The minimum absolute atomic E-state index is 0.102. The van der Waals surface area contributed by atoms with Crippen LogP contribution in [0.1, 0.15) is 19.4 Å². The zero-order valence-electron chi connectivity index (χ0n) is 14.4. The van der Waals surface area contributed by atoms with E-state index in [0.29, 0.717) is 19.7 Å². The van der Waals surface area contributed by atoms with E-state index in [-0.39, 0.29) is 17.6 Å². The summed E-state index contributed by atoms with van der Waals surface area (Å²) in [6, 6.07) is 2.23. The van der Waals surface area contributed by atoms with Crippen molar-refractivity contribution in [1.29, 1.82) is 0 Å². The zero-order chi connectivity index (χ0) is 19.1. The number of nitrogens with one attached hydrogen (secondary N) is 1. The van der Waals surface area contributed by atoms with Gasteiger partial charge in [0.15, 0.2) is 11.6 Å². The minimum Gasteiger partial charge on any atom is -0.375 e. The number of rotatable bonds is 3. The first-order valence-electron chi connectivity index (χ1n) is 8.21.